The second-order valence-electron chi connectivity index (χ2n) is 6.54. The van der Waals surface area contributed by atoms with Crippen LogP contribution in [0.2, 0.25) is 0 Å². The molecular weight excluding hydrogens is 396 g/mol. The van der Waals surface area contributed by atoms with Gasteiger partial charge in [0.2, 0.25) is 11.8 Å². The predicted octanol–water partition coefficient (Wildman–Crippen LogP) is 4.13. The minimum atomic E-state index is -0.507. The first-order valence-corrected chi connectivity index (χ1v) is 10.2. The third-order valence-electron chi connectivity index (χ3n) is 4.49. The quantitative estimate of drug-likeness (QED) is 0.462. The Morgan fingerprint density at radius 3 is 2.20 bits per heavy atom. The van der Waals surface area contributed by atoms with Gasteiger partial charge in [0.25, 0.3) is 0 Å². The van der Waals surface area contributed by atoms with Crippen LogP contribution in [0.1, 0.15) is 10.4 Å². The highest BCUT2D eigenvalue weighted by Crippen LogP contribution is 2.31. The van der Waals surface area contributed by atoms with E-state index in [0.29, 0.717) is 16.3 Å². The smallest absolute Gasteiger partial charge is 0.248 e. The number of anilines is 1. The Morgan fingerprint density at radius 1 is 0.833 bits per heavy atom. The molecule has 3 aromatic carbocycles. The molecule has 6 nitrogen and oxygen atoms in total. The molecule has 0 spiro atoms. The number of nitrogens with two attached hydrogens (primary N) is 1. The van der Waals surface area contributed by atoms with Gasteiger partial charge in [0.05, 0.1) is 5.75 Å². The summed E-state index contributed by atoms with van der Waals surface area (Å²) in [6.07, 6.45) is 0. The zero-order valence-corrected chi connectivity index (χ0v) is 16.7. The Kier molecular flexibility index (Phi) is 5.72. The van der Waals surface area contributed by atoms with Crippen molar-refractivity contribution in [1.82, 2.24) is 10.2 Å². The summed E-state index contributed by atoms with van der Waals surface area (Å²) in [5.41, 5.74) is 8.03. The summed E-state index contributed by atoms with van der Waals surface area (Å²) < 4.78 is 0. The molecule has 1 heterocycles. The molecule has 148 valence electrons. The lowest BCUT2D eigenvalue weighted by molar-refractivity contribution is -0.113. The average Bonchev–Trinajstić information content (AvgIpc) is 2.78. The lowest BCUT2D eigenvalue weighted by Gasteiger charge is -2.09. The van der Waals surface area contributed by atoms with E-state index in [2.05, 4.69) is 15.5 Å². The van der Waals surface area contributed by atoms with Crippen LogP contribution in [0.25, 0.3) is 22.0 Å². The van der Waals surface area contributed by atoms with E-state index in [4.69, 9.17) is 5.73 Å². The van der Waals surface area contributed by atoms with Crippen molar-refractivity contribution in [3.8, 4) is 11.3 Å². The highest BCUT2D eigenvalue weighted by Gasteiger charge is 2.13. The van der Waals surface area contributed by atoms with Gasteiger partial charge < -0.3 is 11.1 Å². The second-order valence-corrected chi connectivity index (χ2v) is 7.51. The molecule has 7 heteroatoms. The lowest BCUT2D eigenvalue weighted by Crippen LogP contribution is -2.15. The van der Waals surface area contributed by atoms with Crippen molar-refractivity contribution in [2.75, 3.05) is 11.1 Å². The average molecular weight is 414 g/mol. The highest BCUT2D eigenvalue weighted by molar-refractivity contribution is 8.00. The molecule has 0 aliphatic rings. The fourth-order valence-corrected chi connectivity index (χ4v) is 3.82. The normalized spacial score (nSPS) is 10.7. The number of nitrogens with one attached hydrogen (secondary N) is 1. The third-order valence-corrected chi connectivity index (χ3v) is 5.48. The van der Waals surface area contributed by atoms with Crippen LogP contribution in [0.4, 0.5) is 5.69 Å². The standard InChI is InChI=1S/C23H18N4O2S/c24-22(29)16-10-12-17(13-11-16)25-20(28)14-30-23-19-9-5-4-8-18(19)21(26-27-23)15-6-2-1-3-7-15/h1-13H,14H2,(H2,24,29)(H,25,28). The van der Waals surface area contributed by atoms with Gasteiger partial charge >= 0.3 is 0 Å². The summed E-state index contributed by atoms with van der Waals surface area (Å²) in [5, 5.41) is 14.2. The number of hydrogen-bond donors (Lipinski definition) is 2. The first-order valence-electron chi connectivity index (χ1n) is 9.25. The number of rotatable bonds is 6. The van der Waals surface area contributed by atoms with E-state index in [1.807, 2.05) is 54.6 Å². The molecule has 0 atom stereocenters. The van der Waals surface area contributed by atoms with Gasteiger partial charge in [-0.15, -0.1) is 10.2 Å². The number of amides is 2. The van der Waals surface area contributed by atoms with Crippen LogP contribution in [0.3, 0.4) is 0 Å². The van der Waals surface area contributed by atoms with Crippen LogP contribution in [-0.2, 0) is 4.79 Å². The zero-order valence-electron chi connectivity index (χ0n) is 15.9. The van der Waals surface area contributed by atoms with Crippen molar-refractivity contribution >= 4 is 40.0 Å². The van der Waals surface area contributed by atoms with Gasteiger partial charge in [-0.25, -0.2) is 0 Å². The molecule has 0 saturated carbocycles. The molecule has 2 amide bonds. The molecule has 0 fully saturated rings. The number of primary amides is 1. The summed E-state index contributed by atoms with van der Waals surface area (Å²) >= 11 is 1.33. The van der Waals surface area contributed by atoms with Crippen LogP contribution in [0.5, 0.6) is 0 Å². The first kappa shape index (κ1) is 19.6. The van der Waals surface area contributed by atoms with Gasteiger partial charge in [0.15, 0.2) is 0 Å². The van der Waals surface area contributed by atoms with E-state index in [-0.39, 0.29) is 11.7 Å². The van der Waals surface area contributed by atoms with Crippen molar-refractivity contribution in [1.29, 1.82) is 0 Å². The van der Waals surface area contributed by atoms with E-state index in [9.17, 15) is 9.59 Å². The molecule has 0 saturated heterocycles. The fraction of sp³-hybridized carbons (Fsp3) is 0.0435. The number of thioether (sulfide) groups is 1. The summed E-state index contributed by atoms with van der Waals surface area (Å²) in [4.78, 5) is 23.5. The van der Waals surface area contributed by atoms with E-state index in [0.717, 1.165) is 22.0 Å². The number of carbonyl (C=O) groups excluding carboxylic acids is 2. The maximum atomic E-state index is 12.4. The van der Waals surface area contributed by atoms with Crippen molar-refractivity contribution in [3.05, 3.63) is 84.4 Å². The molecule has 3 N–H and O–H groups in total. The first-order chi connectivity index (χ1) is 14.6. The van der Waals surface area contributed by atoms with Gasteiger partial charge in [-0.3, -0.25) is 9.59 Å². The van der Waals surface area contributed by atoms with E-state index >= 15 is 0 Å². The predicted molar refractivity (Wildman–Crippen MR) is 119 cm³/mol. The Labute approximate surface area is 177 Å². The van der Waals surface area contributed by atoms with E-state index in [1.165, 1.54) is 11.8 Å². The van der Waals surface area contributed by atoms with Crippen molar-refractivity contribution in [2.24, 2.45) is 5.73 Å². The Balaban J connectivity index is 1.50. The molecule has 30 heavy (non-hydrogen) atoms. The van der Waals surface area contributed by atoms with Gasteiger partial charge in [0, 0.05) is 27.6 Å². The van der Waals surface area contributed by atoms with E-state index < -0.39 is 5.91 Å². The molecule has 0 aliphatic heterocycles. The second kappa shape index (κ2) is 8.75. The Morgan fingerprint density at radius 2 is 1.50 bits per heavy atom. The summed E-state index contributed by atoms with van der Waals surface area (Å²) in [6.45, 7) is 0. The van der Waals surface area contributed by atoms with Crippen LogP contribution in [0.15, 0.2) is 83.9 Å². The van der Waals surface area contributed by atoms with Crippen molar-refractivity contribution < 1.29 is 9.59 Å². The third kappa shape index (κ3) is 4.31. The monoisotopic (exact) mass is 414 g/mol. The maximum Gasteiger partial charge on any atom is 0.248 e. The highest BCUT2D eigenvalue weighted by atomic mass is 32.2. The van der Waals surface area contributed by atoms with Gasteiger partial charge in [-0.05, 0) is 24.3 Å². The Hall–Kier alpha value is -3.71. The summed E-state index contributed by atoms with van der Waals surface area (Å²) in [5.74, 6) is -0.501. The number of fused-ring (bicyclic) bond motifs is 1. The maximum absolute atomic E-state index is 12.4. The van der Waals surface area contributed by atoms with Crippen LogP contribution in [0, 0.1) is 0 Å². The summed E-state index contributed by atoms with van der Waals surface area (Å²) in [6, 6.07) is 24.2. The largest absolute Gasteiger partial charge is 0.366 e. The van der Waals surface area contributed by atoms with Crippen LogP contribution < -0.4 is 11.1 Å². The molecule has 0 unspecified atom stereocenters. The fourth-order valence-electron chi connectivity index (χ4n) is 3.04. The van der Waals surface area contributed by atoms with Crippen molar-refractivity contribution in [2.45, 2.75) is 5.03 Å². The molecule has 0 radical (unpaired) electrons. The van der Waals surface area contributed by atoms with Gasteiger partial charge in [0.1, 0.15) is 10.7 Å². The number of carbonyl (C=O) groups is 2. The zero-order chi connectivity index (χ0) is 20.9. The topological polar surface area (TPSA) is 98.0 Å². The molecule has 4 aromatic rings. The molecule has 1 aromatic heterocycles. The van der Waals surface area contributed by atoms with E-state index in [1.54, 1.807) is 24.3 Å². The van der Waals surface area contributed by atoms with Crippen molar-refractivity contribution in [3.63, 3.8) is 0 Å². The molecule has 0 aliphatic carbocycles. The molecule has 4 rings (SSSR count). The number of nitrogens with zero attached hydrogens (tertiary/aromatic N) is 2. The van der Waals surface area contributed by atoms with Crippen LogP contribution >= 0.6 is 11.8 Å². The van der Waals surface area contributed by atoms with Gasteiger partial charge in [-0.1, -0.05) is 66.4 Å². The minimum absolute atomic E-state index is 0.176. The molecular formula is C23H18N4O2S. The lowest BCUT2D eigenvalue weighted by atomic mass is 10.1. The number of hydrogen-bond acceptors (Lipinski definition) is 5. The van der Waals surface area contributed by atoms with Gasteiger partial charge in [-0.2, -0.15) is 0 Å². The SMILES string of the molecule is NC(=O)c1ccc(NC(=O)CSc2nnc(-c3ccccc3)c3ccccc23)cc1. The minimum Gasteiger partial charge on any atom is -0.366 e. The number of benzene rings is 3. The number of aromatic nitrogens is 2. The van der Waals surface area contributed by atoms with Crippen LogP contribution in [-0.4, -0.2) is 27.8 Å². The molecule has 0 bridgehead atoms. The summed E-state index contributed by atoms with van der Waals surface area (Å²) in [7, 11) is 0. The Bertz CT molecular complexity index is 1210.